The predicted octanol–water partition coefficient (Wildman–Crippen LogP) is 3.01. The minimum atomic E-state index is -4.44. The van der Waals surface area contributed by atoms with Crippen LogP contribution in [0, 0.1) is 5.95 Å². The zero-order valence-corrected chi connectivity index (χ0v) is 9.91. The lowest BCUT2D eigenvalue weighted by Gasteiger charge is -2.08. The third-order valence-electron chi connectivity index (χ3n) is 2.62. The van der Waals surface area contributed by atoms with E-state index in [-0.39, 0.29) is 11.3 Å². The maximum Gasteiger partial charge on any atom is 0.416 e. The number of benzene rings is 1. The average Bonchev–Trinajstić information content (AvgIpc) is 2.37. The molecule has 2 rings (SSSR count). The van der Waals surface area contributed by atoms with Gasteiger partial charge in [0.15, 0.2) is 0 Å². The maximum absolute atomic E-state index is 13.5. The topological polar surface area (TPSA) is 56.0 Å². The quantitative estimate of drug-likeness (QED) is 0.680. The first-order chi connectivity index (χ1) is 9.29. The van der Waals surface area contributed by atoms with E-state index < -0.39 is 23.6 Å². The van der Waals surface area contributed by atoms with Crippen LogP contribution in [0.15, 0.2) is 36.4 Å². The minimum absolute atomic E-state index is 0.112. The van der Waals surface area contributed by atoms with Gasteiger partial charge in [-0.05, 0) is 24.3 Å². The molecule has 7 heteroatoms. The Labute approximate surface area is 111 Å². The summed E-state index contributed by atoms with van der Waals surface area (Å²) < 4.78 is 50.7. The fourth-order valence-electron chi connectivity index (χ4n) is 1.61. The highest BCUT2D eigenvalue weighted by molar-refractivity contribution is 5.93. The van der Waals surface area contributed by atoms with E-state index >= 15 is 0 Å². The number of nitrogens with two attached hydrogens (primary N) is 1. The Balaban J connectivity index is 2.37. The fourth-order valence-corrected chi connectivity index (χ4v) is 1.61. The van der Waals surface area contributed by atoms with Crippen molar-refractivity contribution in [1.29, 1.82) is 0 Å². The molecule has 104 valence electrons. The normalized spacial score (nSPS) is 11.4. The van der Waals surface area contributed by atoms with Crippen molar-refractivity contribution in [3.05, 3.63) is 53.5 Å². The first kappa shape index (κ1) is 14.0. The van der Waals surface area contributed by atoms with Gasteiger partial charge >= 0.3 is 6.18 Å². The van der Waals surface area contributed by atoms with Crippen LogP contribution >= 0.6 is 0 Å². The molecule has 1 amide bonds. The summed E-state index contributed by atoms with van der Waals surface area (Å²) >= 11 is 0. The molecule has 2 N–H and O–H groups in total. The van der Waals surface area contributed by atoms with Gasteiger partial charge in [-0.2, -0.15) is 17.6 Å². The van der Waals surface area contributed by atoms with Crippen LogP contribution in [0.3, 0.4) is 0 Å². The molecule has 1 aromatic carbocycles. The molecule has 0 unspecified atom stereocenters. The molecule has 0 aliphatic rings. The number of halogens is 4. The zero-order valence-electron chi connectivity index (χ0n) is 9.91. The molecule has 0 aliphatic heterocycles. The molecule has 0 atom stereocenters. The monoisotopic (exact) mass is 284 g/mol. The highest BCUT2D eigenvalue weighted by atomic mass is 19.4. The molecule has 1 heterocycles. The maximum atomic E-state index is 13.5. The van der Waals surface area contributed by atoms with Crippen LogP contribution < -0.4 is 5.73 Å². The predicted molar refractivity (Wildman–Crippen MR) is 63.2 cm³/mol. The van der Waals surface area contributed by atoms with Crippen LogP contribution in [-0.4, -0.2) is 10.9 Å². The summed E-state index contributed by atoms with van der Waals surface area (Å²) in [7, 11) is 0. The van der Waals surface area contributed by atoms with Crippen molar-refractivity contribution in [1.82, 2.24) is 4.98 Å². The number of carbonyl (C=O) groups excluding carboxylic acids is 1. The summed E-state index contributed by atoms with van der Waals surface area (Å²) in [5, 5.41) is 0. The second kappa shape index (κ2) is 4.92. The lowest BCUT2D eigenvalue weighted by Crippen LogP contribution is -2.14. The number of hydrogen-bond acceptors (Lipinski definition) is 2. The van der Waals surface area contributed by atoms with Crippen molar-refractivity contribution >= 4 is 5.91 Å². The van der Waals surface area contributed by atoms with Gasteiger partial charge in [-0.3, -0.25) is 4.79 Å². The Kier molecular flexibility index (Phi) is 3.44. The molecule has 0 spiro atoms. The third kappa shape index (κ3) is 2.76. The summed E-state index contributed by atoms with van der Waals surface area (Å²) in [6.45, 7) is 0. The highest BCUT2D eigenvalue weighted by Gasteiger charge is 2.30. The Bertz CT molecular complexity index is 650. The molecule has 0 saturated heterocycles. The lowest BCUT2D eigenvalue weighted by molar-refractivity contribution is -0.137. The molecule has 0 fully saturated rings. The number of carbonyl (C=O) groups is 1. The second-order valence-electron chi connectivity index (χ2n) is 3.97. The molecular formula is C13H8F4N2O. The smallest absolute Gasteiger partial charge is 0.365 e. The Morgan fingerprint density at radius 1 is 1.05 bits per heavy atom. The van der Waals surface area contributed by atoms with Crippen LogP contribution in [0.5, 0.6) is 0 Å². The molecule has 0 radical (unpaired) electrons. The van der Waals surface area contributed by atoms with Crippen molar-refractivity contribution in [3.63, 3.8) is 0 Å². The van der Waals surface area contributed by atoms with E-state index in [0.717, 1.165) is 18.2 Å². The van der Waals surface area contributed by atoms with E-state index in [1.165, 1.54) is 18.2 Å². The van der Waals surface area contributed by atoms with Gasteiger partial charge in [0.05, 0.1) is 16.8 Å². The van der Waals surface area contributed by atoms with Crippen LogP contribution in [0.25, 0.3) is 11.3 Å². The molecule has 0 aliphatic carbocycles. The van der Waals surface area contributed by atoms with Gasteiger partial charge in [0.2, 0.25) is 5.95 Å². The largest absolute Gasteiger partial charge is 0.416 e. The molecule has 0 saturated carbocycles. The van der Waals surface area contributed by atoms with Crippen molar-refractivity contribution < 1.29 is 22.4 Å². The van der Waals surface area contributed by atoms with Crippen molar-refractivity contribution in [2.45, 2.75) is 6.18 Å². The number of primary amides is 1. The number of aromatic nitrogens is 1. The number of nitrogens with zero attached hydrogens (tertiary/aromatic N) is 1. The van der Waals surface area contributed by atoms with Crippen LogP contribution in [0.2, 0.25) is 0 Å². The van der Waals surface area contributed by atoms with Gasteiger partial charge in [-0.1, -0.05) is 12.1 Å². The lowest BCUT2D eigenvalue weighted by atomic mass is 10.1. The van der Waals surface area contributed by atoms with Crippen LogP contribution in [-0.2, 0) is 6.18 Å². The Hall–Kier alpha value is -2.44. The molecule has 1 aromatic heterocycles. The average molecular weight is 284 g/mol. The van der Waals surface area contributed by atoms with Gasteiger partial charge in [-0.15, -0.1) is 0 Å². The number of hydrogen-bond donors (Lipinski definition) is 1. The van der Waals surface area contributed by atoms with Crippen molar-refractivity contribution in [3.8, 4) is 11.3 Å². The summed E-state index contributed by atoms with van der Waals surface area (Å²) in [5.74, 6) is -2.02. The van der Waals surface area contributed by atoms with E-state index in [4.69, 9.17) is 5.73 Å². The highest BCUT2D eigenvalue weighted by Crippen LogP contribution is 2.30. The molecule has 2 aromatic rings. The summed E-state index contributed by atoms with van der Waals surface area (Å²) in [5.41, 5.74) is 4.15. The van der Waals surface area contributed by atoms with E-state index in [0.29, 0.717) is 5.56 Å². The van der Waals surface area contributed by atoms with Gasteiger partial charge < -0.3 is 5.73 Å². The SMILES string of the molecule is NC(=O)c1ccc(-c2ccc(C(F)(F)F)cc2)nc1F. The van der Waals surface area contributed by atoms with Crippen LogP contribution in [0.4, 0.5) is 17.6 Å². The van der Waals surface area contributed by atoms with Gasteiger partial charge in [0, 0.05) is 5.56 Å². The molecule has 0 bridgehead atoms. The fraction of sp³-hybridized carbons (Fsp3) is 0.0769. The van der Waals surface area contributed by atoms with Gasteiger partial charge in [0.25, 0.3) is 5.91 Å². The summed E-state index contributed by atoms with van der Waals surface area (Å²) in [6.07, 6.45) is -4.44. The zero-order chi connectivity index (χ0) is 14.9. The van der Waals surface area contributed by atoms with Gasteiger partial charge in [-0.25, -0.2) is 4.98 Å². The summed E-state index contributed by atoms with van der Waals surface area (Å²) in [6, 6.07) is 6.54. The number of pyridine rings is 1. The van der Waals surface area contributed by atoms with Crippen molar-refractivity contribution in [2.75, 3.05) is 0 Å². The Morgan fingerprint density at radius 2 is 1.65 bits per heavy atom. The summed E-state index contributed by atoms with van der Waals surface area (Å²) in [4.78, 5) is 14.3. The van der Waals surface area contributed by atoms with Crippen LogP contribution in [0.1, 0.15) is 15.9 Å². The van der Waals surface area contributed by atoms with Crippen molar-refractivity contribution in [2.24, 2.45) is 5.73 Å². The number of alkyl halides is 3. The second-order valence-corrected chi connectivity index (χ2v) is 3.97. The van der Waals surface area contributed by atoms with E-state index in [1.807, 2.05) is 0 Å². The number of rotatable bonds is 2. The molecule has 20 heavy (non-hydrogen) atoms. The number of amides is 1. The third-order valence-corrected chi connectivity index (χ3v) is 2.62. The first-order valence-corrected chi connectivity index (χ1v) is 5.43. The molecular weight excluding hydrogens is 276 g/mol. The minimum Gasteiger partial charge on any atom is -0.365 e. The van der Waals surface area contributed by atoms with Gasteiger partial charge in [0.1, 0.15) is 0 Å². The van der Waals surface area contributed by atoms with E-state index in [2.05, 4.69) is 4.98 Å². The van der Waals surface area contributed by atoms with E-state index in [1.54, 1.807) is 0 Å². The standard InChI is InChI=1S/C13H8F4N2O/c14-11-9(12(18)20)5-6-10(19-11)7-1-3-8(4-2-7)13(15,16)17/h1-6H,(H2,18,20). The first-order valence-electron chi connectivity index (χ1n) is 5.43. The molecule has 3 nitrogen and oxygen atoms in total. The van der Waals surface area contributed by atoms with E-state index in [9.17, 15) is 22.4 Å². The Morgan fingerprint density at radius 3 is 2.10 bits per heavy atom.